The fourth-order valence-corrected chi connectivity index (χ4v) is 2.07. The molecule has 1 N–H and O–H groups in total. The molecule has 0 amide bonds. The van der Waals surface area contributed by atoms with Crippen LogP contribution < -0.4 is 0 Å². The Bertz CT molecular complexity index is 380. The Balaban J connectivity index is 2.94. The second-order valence-corrected chi connectivity index (χ2v) is 6.06. The van der Waals surface area contributed by atoms with Gasteiger partial charge < -0.3 is 9.84 Å². The number of aryl methyl sites for hydroxylation is 1. The Hall–Kier alpha value is -0.870. The van der Waals surface area contributed by atoms with Crippen molar-refractivity contribution in [1.29, 1.82) is 0 Å². The van der Waals surface area contributed by atoms with Gasteiger partial charge in [-0.15, -0.1) is 0 Å². The number of ether oxygens (including phenoxy) is 1. The van der Waals surface area contributed by atoms with Gasteiger partial charge in [0.25, 0.3) is 0 Å². The molecular formula is C14H26N2O2. The summed E-state index contributed by atoms with van der Waals surface area (Å²) >= 11 is 0. The molecule has 0 aliphatic carbocycles. The predicted octanol–water partition coefficient (Wildman–Crippen LogP) is 2.42. The lowest BCUT2D eigenvalue weighted by atomic mass is 9.85. The van der Waals surface area contributed by atoms with Crippen LogP contribution in [0, 0.1) is 5.92 Å². The van der Waals surface area contributed by atoms with Gasteiger partial charge >= 0.3 is 0 Å². The lowest BCUT2D eigenvalue weighted by Crippen LogP contribution is -2.19. The van der Waals surface area contributed by atoms with E-state index >= 15 is 0 Å². The molecule has 1 heterocycles. The normalized spacial score (nSPS) is 15.7. The van der Waals surface area contributed by atoms with E-state index in [0.717, 1.165) is 17.7 Å². The minimum Gasteiger partial charge on any atom is -0.388 e. The number of hydrogen-bond donors (Lipinski definition) is 1. The summed E-state index contributed by atoms with van der Waals surface area (Å²) in [7, 11) is 3.58. The topological polar surface area (TPSA) is 47.3 Å². The highest BCUT2D eigenvalue weighted by molar-refractivity contribution is 5.26. The minimum absolute atomic E-state index is 0.0570. The molecule has 1 aromatic rings. The second kappa shape index (κ2) is 5.85. The largest absolute Gasteiger partial charge is 0.388 e. The highest BCUT2D eigenvalue weighted by Crippen LogP contribution is 2.32. The third-order valence-electron chi connectivity index (χ3n) is 3.20. The summed E-state index contributed by atoms with van der Waals surface area (Å²) in [5.74, 6) is 0.162. The van der Waals surface area contributed by atoms with Gasteiger partial charge in [-0.3, -0.25) is 4.68 Å². The first kappa shape index (κ1) is 15.2. The first-order valence-electron chi connectivity index (χ1n) is 6.48. The van der Waals surface area contributed by atoms with Crippen LogP contribution in [0.5, 0.6) is 0 Å². The summed E-state index contributed by atoms with van der Waals surface area (Å²) in [5, 5.41) is 15.0. The molecule has 0 fully saturated rings. The number of rotatable bonds is 5. The van der Waals surface area contributed by atoms with Crippen molar-refractivity contribution in [3.8, 4) is 0 Å². The van der Waals surface area contributed by atoms with E-state index in [4.69, 9.17) is 4.74 Å². The second-order valence-electron chi connectivity index (χ2n) is 6.06. The quantitative estimate of drug-likeness (QED) is 0.878. The molecule has 0 saturated carbocycles. The van der Waals surface area contributed by atoms with Crippen LogP contribution in [-0.4, -0.2) is 28.6 Å². The van der Waals surface area contributed by atoms with Crippen LogP contribution in [0.25, 0.3) is 0 Å². The first-order chi connectivity index (χ1) is 8.27. The molecule has 0 aliphatic heterocycles. The van der Waals surface area contributed by atoms with Gasteiger partial charge in [-0.1, -0.05) is 27.7 Å². The zero-order chi connectivity index (χ0) is 13.9. The maximum absolute atomic E-state index is 10.5. The molecule has 104 valence electrons. The first-order valence-corrected chi connectivity index (χ1v) is 6.48. The smallest absolute Gasteiger partial charge is 0.0849 e. The molecule has 0 saturated heterocycles. The van der Waals surface area contributed by atoms with Crippen molar-refractivity contribution in [3.63, 3.8) is 0 Å². The molecule has 2 atom stereocenters. The molecule has 0 aromatic carbocycles. The number of aliphatic hydroxyl groups excluding tert-OH is 1. The van der Waals surface area contributed by atoms with Crippen molar-refractivity contribution < 1.29 is 9.84 Å². The van der Waals surface area contributed by atoms with Gasteiger partial charge in [-0.2, -0.15) is 5.10 Å². The zero-order valence-corrected chi connectivity index (χ0v) is 12.4. The highest BCUT2D eigenvalue weighted by atomic mass is 16.5. The van der Waals surface area contributed by atoms with E-state index < -0.39 is 6.10 Å². The van der Waals surface area contributed by atoms with Crippen molar-refractivity contribution in [2.24, 2.45) is 13.0 Å². The third kappa shape index (κ3) is 3.56. The average Bonchev–Trinajstić information content (AvgIpc) is 2.66. The van der Waals surface area contributed by atoms with Crippen LogP contribution in [0.4, 0.5) is 0 Å². The molecule has 0 bridgehead atoms. The Morgan fingerprint density at radius 1 is 1.44 bits per heavy atom. The van der Waals surface area contributed by atoms with Crippen LogP contribution in [-0.2, 0) is 17.2 Å². The molecule has 1 aromatic heterocycles. The molecule has 2 unspecified atom stereocenters. The van der Waals surface area contributed by atoms with E-state index in [0.29, 0.717) is 6.61 Å². The maximum atomic E-state index is 10.5. The zero-order valence-electron chi connectivity index (χ0n) is 12.4. The van der Waals surface area contributed by atoms with Gasteiger partial charge in [-0.25, -0.2) is 0 Å². The molecule has 0 spiro atoms. The van der Waals surface area contributed by atoms with E-state index in [-0.39, 0.29) is 11.3 Å². The van der Waals surface area contributed by atoms with Crippen molar-refractivity contribution >= 4 is 0 Å². The number of nitrogens with zero attached hydrogens (tertiary/aromatic N) is 2. The van der Waals surface area contributed by atoms with Crippen LogP contribution in [0.3, 0.4) is 0 Å². The van der Waals surface area contributed by atoms with Gasteiger partial charge in [-0.05, 0) is 12.3 Å². The van der Waals surface area contributed by atoms with Crippen LogP contribution in [0.1, 0.15) is 51.5 Å². The number of aliphatic hydroxyl groups is 1. The van der Waals surface area contributed by atoms with Crippen LogP contribution in [0.15, 0.2) is 6.20 Å². The van der Waals surface area contributed by atoms with E-state index in [9.17, 15) is 5.11 Å². The molecule has 18 heavy (non-hydrogen) atoms. The van der Waals surface area contributed by atoms with Crippen molar-refractivity contribution in [1.82, 2.24) is 9.78 Å². The maximum Gasteiger partial charge on any atom is 0.0849 e. The Morgan fingerprint density at radius 2 is 2.06 bits per heavy atom. The summed E-state index contributed by atoms with van der Waals surface area (Å²) in [6, 6.07) is 0. The van der Waals surface area contributed by atoms with Crippen LogP contribution >= 0.6 is 0 Å². The average molecular weight is 254 g/mol. The fourth-order valence-electron chi connectivity index (χ4n) is 2.07. The summed E-state index contributed by atoms with van der Waals surface area (Å²) in [6.07, 6.45) is 2.29. The number of aromatic nitrogens is 2. The van der Waals surface area contributed by atoms with Gasteiger partial charge in [0.2, 0.25) is 0 Å². The Kier molecular flexibility index (Phi) is 4.93. The molecule has 0 radical (unpaired) electrons. The van der Waals surface area contributed by atoms with Crippen LogP contribution in [0.2, 0.25) is 0 Å². The molecule has 4 nitrogen and oxygen atoms in total. The van der Waals surface area contributed by atoms with E-state index in [2.05, 4.69) is 25.9 Å². The van der Waals surface area contributed by atoms with Gasteiger partial charge in [0.05, 0.1) is 11.8 Å². The monoisotopic (exact) mass is 254 g/mol. The molecule has 4 heteroatoms. The van der Waals surface area contributed by atoms with Crippen molar-refractivity contribution in [2.75, 3.05) is 13.7 Å². The van der Waals surface area contributed by atoms with Gasteiger partial charge in [0.15, 0.2) is 0 Å². The Morgan fingerprint density at radius 3 is 2.56 bits per heavy atom. The fraction of sp³-hybridized carbons (Fsp3) is 0.786. The third-order valence-corrected chi connectivity index (χ3v) is 3.20. The van der Waals surface area contributed by atoms with E-state index in [1.807, 2.05) is 20.2 Å². The SMILES string of the molecule is COCCC(C)C(O)c1cn(C)nc1C(C)(C)C. The summed E-state index contributed by atoms with van der Waals surface area (Å²) < 4.78 is 6.85. The number of methoxy groups -OCH3 is 1. The van der Waals surface area contributed by atoms with Crippen molar-refractivity contribution in [2.45, 2.75) is 45.6 Å². The molecular weight excluding hydrogens is 228 g/mol. The highest BCUT2D eigenvalue weighted by Gasteiger charge is 2.28. The Labute approximate surface area is 110 Å². The summed E-state index contributed by atoms with van der Waals surface area (Å²) in [4.78, 5) is 0. The summed E-state index contributed by atoms with van der Waals surface area (Å²) in [6.45, 7) is 9.06. The molecule has 1 rings (SSSR count). The lowest BCUT2D eigenvalue weighted by molar-refractivity contribution is 0.0872. The molecule has 0 aliphatic rings. The summed E-state index contributed by atoms with van der Waals surface area (Å²) in [5.41, 5.74) is 1.86. The van der Waals surface area contributed by atoms with E-state index in [1.165, 1.54) is 0 Å². The standard InChI is InChI=1S/C14H26N2O2/c1-10(7-8-18-6)12(17)11-9-16(5)15-13(11)14(2,3)4/h9-10,12,17H,7-8H2,1-6H3. The minimum atomic E-state index is -0.483. The van der Waals surface area contributed by atoms with E-state index in [1.54, 1.807) is 11.8 Å². The lowest BCUT2D eigenvalue weighted by Gasteiger charge is -2.23. The van der Waals surface area contributed by atoms with Gasteiger partial charge in [0, 0.05) is 37.9 Å². The van der Waals surface area contributed by atoms with Crippen molar-refractivity contribution in [3.05, 3.63) is 17.5 Å². The van der Waals surface area contributed by atoms with Gasteiger partial charge in [0.1, 0.15) is 0 Å². The predicted molar refractivity (Wildman–Crippen MR) is 72.5 cm³/mol. The number of hydrogen-bond acceptors (Lipinski definition) is 3.